The van der Waals surface area contributed by atoms with Crippen LogP contribution in [0, 0.1) is 0 Å². The van der Waals surface area contributed by atoms with Gasteiger partial charge in [-0.15, -0.1) is 0 Å². The first kappa shape index (κ1) is 29.1. The van der Waals surface area contributed by atoms with Gasteiger partial charge in [0.1, 0.15) is 5.54 Å². The van der Waals surface area contributed by atoms with Gasteiger partial charge < -0.3 is 20.3 Å². The fourth-order valence-electron chi connectivity index (χ4n) is 5.61. The largest absolute Gasteiger partial charge is 0.478 e. The van der Waals surface area contributed by atoms with Gasteiger partial charge in [0.2, 0.25) is 5.91 Å². The van der Waals surface area contributed by atoms with Crippen molar-refractivity contribution in [1.82, 2.24) is 14.9 Å². The third-order valence-electron chi connectivity index (χ3n) is 7.82. The molecule has 216 valence electrons. The molecule has 0 aliphatic heterocycles. The molecule has 0 atom stereocenters. The number of hydrogen-bond donors (Lipinski definition) is 3. The number of aromatic nitrogens is 2. The molecule has 2 heterocycles. The Balaban J connectivity index is 1.38. The average molecular weight is 585 g/mol. The van der Waals surface area contributed by atoms with E-state index in [1.54, 1.807) is 44.3 Å². The maximum Gasteiger partial charge on any atom is 0.328 e. The van der Waals surface area contributed by atoms with Crippen LogP contribution in [0.2, 0.25) is 5.02 Å². The second-order valence-electron chi connectivity index (χ2n) is 11.2. The second-order valence-corrected chi connectivity index (χ2v) is 11.7. The molecule has 1 aliphatic carbocycles. The molecule has 8 nitrogen and oxygen atoms in total. The van der Waals surface area contributed by atoms with Gasteiger partial charge in [0.05, 0.1) is 16.4 Å². The van der Waals surface area contributed by atoms with Gasteiger partial charge >= 0.3 is 5.97 Å². The van der Waals surface area contributed by atoms with Crippen LogP contribution in [-0.2, 0) is 16.6 Å². The van der Waals surface area contributed by atoms with Crippen molar-refractivity contribution in [2.24, 2.45) is 7.05 Å². The molecule has 2 aromatic heterocycles. The zero-order valence-corrected chi connectivity index (χ0v) is 24.5. The van der Waals surface area contributed by atoms with E-state index in [2.05, 4.69) is 20.2 Å². The van der Waals surface area contributed by atoms with Gasteiger partial charge in [0.25, 0.3) is 5.91 Å². The van der Waals surface area contributed by atoms with Crippen LogP contribution in [0.5, 0.6) is 0 Å². The number of nitrogens with zero attached hydrogens (tertiary/aromatic N) is 2. The zero-order chi connectivity index (χ0) is 30.0. The van der Waals surface area contributed by atoms with Crippen LogP contribution in [0.1, 0.15) is 66.9 Å². The molecule has 42 heavy (non-hydrogen) atoms. The molecule has 0 bridgehead atoms. The summed E-state index contributed by atoms with van der Waals surface area (Å²) in [6.45, 7) is 3.29. The van der Waals surface area contributed by atoms with Crippen molar-refractivity contribution >= 4 is 52.1 Å². The molecular formula is C33H33ClN4O4. The van der Waals surface area contributed by atoms with E-state index in [-0.39, 0.29) is 11.8 Å². The van der Waals surface area contributed by atoms with Gasteiger partial charge in [-0.2, -0.15) is 0 Å². The zero-order valence-electron chi connectivity index (χ0n) is 23.8. The molecule has 4 aromatic rings. The summed E-state index contributed by atoms with van der Waals surface area (Å²) in [6, 6.07) is 16.2. The van der Waals surface area contributed by atoms with E-state index in [0.29, 0.717) is 27.8 Å². The molecule has 0 saturated heterocycles. The number of carbonyl (C=O) groups excluding carboxylic acids is 2. The molecule has 1 saturated carbocycles. The van der Waals surface area contributed by atoms with Gasteiger partial charge in [-0.3, -0.25) is 14.6 Å². The van der Waals surface area contributed by atoms with Crippen molar-refractivity contribution in [3.8, 4) is 11.4 Å². The molecule has 0 spiro atoms. The summed E-state index contributed by atoms with van der Waals surface area (Å²) in [6.07, 6.45) is 8.79. The highest BCUT2D eigenvalue weighted by atomic mass is 35.5. The van der Waals surface area contributed by atoms with Crippen molar-refractivity contribution in [2.75, 3.05) is 5.32 Å². The van der Waals surface area contributed by atoms with Crippen LogP contribution in [0.4, 0.5) is 5.69 Å². The van der Waals surface area contributed by atoms with E-state index >= 15 is 0 Å². The molecule has 3 N–H and O–H groups in total. The predicted molar refractivity (Wildman–Crippen MR) is 166 cm³/mol. The van der Waals surface area contributed by atoms with E-state index in [1.807, 2.05) is 37.4 Å². The van der Waals surface area contributed by atoms with E-state index in [4.69, 9.17) is 16.7 Å². The number of anilines is 1. The van der Waals surface area contributed by atoms with Gasteiger partial charge in [0.15, 0.2) is 0 Å². The minimum atomic E-state index is -1.21. The Labute approximate surface area is 249 Å². The van der Waals surface area contributed by atoms with Gasteiger partial charge in [-0.25, -0.2) is 4.79 Å². The normalized spacial score (nSPS) is 14.0. The number of carboxylic acid groups (broad SMARTS) is 1. The Hall–Kier alpha value is -4.43. The highest BCUT2D eigenvalue weighted by Crippen LogP contribution is 2.44. The first-order valence-electron chi connectivity index (χ1n) is 13.9. The predicted octanol–water partition coefficient (Wildman–Crippen LogP) is 6.80. The van der Waals surface area contributed by atoms with Crippen molar-refractivity contribution in [1.29, 1.82) is 0 Å². The monoisotopic (exact) mass is 584 g/mol. The Morgan fingerprint density at radius 2 is 1.76 bits per heavy atom. The van der Waals surface area contributed by atoms with E-state index < -0.39 is 11.5 Å². The fraction of sp³-hybridized carbons (Fsp3) is 0.273. The summed E-state index contributed by atoms with van der Waals surface area (Å²) < 4.78 is 2.10. The summed E-state index contributed by atoms with van der Waals surface area (Å²) in [5.41, 5.74) is 4.52. The average Bonchev–Trinajstić information content (AvgIpc) is 3.59. The Morgan fingerprint density at radius 1 is 1.05 bits per heavy atom. The second kappa shape index (κ2) is 11.8. The third-order valence-corrected chi connectivity index (χ3v) is 8.04. The number of amides is 2. The van der Waals surface area contributed by atoms with Crippen molar-refractivity contribution in [2.45, 2.75) is 51.0 Å². The number of aliphatic carboxylic acids is 1. The van der Waals surface area contributed by atoms with E-state index in [1.165, 1.54) is 24.5 Å². The number of hydrogen-bond acceptors (Lipinski definition) is 4. The number of carbonyl (C=O) groups is 3. The summed E-state index contributed by atoms with van der Waals surface area (Å²) in [5.74, 6) is -1.36. The highest BCUT2D eigenvalue weighted by molar-refractivity contribution is 6.30. The van der Waals surface area contributed by atoms with Crippen LogP contribution in [-0.4, -0.2) is 38.0 Å². The summed E-state index contributed by atoms with van der Waals surface area (Å²) in [4.78, 5) is 41.9. The quantitative estimate of drug-likeness (QED) is 0.197. The fourth-order valence-corrected chi connectivity index (χ4v) is 5.72. The van der Waals surface area contributed by atoms with Crippen LogP contribution in [0.25, 0.3) is 28.4 Å². The number of benzene rings is 2. The number of halogens is 1. The minimum Gasteiger partial charge on any atom is -0.478 e. The first-order chi connectivity index (χ1) is 20.0. The number of nitrogens with one attached hydrogen (secondary N) is 2. The molecule has 0 radical (unpaired) electrons. The summed E-state index contributed by atoms with van der Waals surface area (Å²) in [7, 11) is 1.99. The van der Waals surface area contributed by atoms with Crippen LogP contribution in [0.15, 0.2) is 66.9 Å². The smallest absolute Gasteiger partial charge is 0.328 e. The number of fused-ring (bicyclic) bond motifs is 1. The van der Waals surface area contributed by atoms with Crippen molar-refractivity contribution < 1.29 is 19.5 Å². The van der Waals surface area contributed by atoms with E-state index in [9.17, 15) is 14.4 Å². The molecule has 0 unspecified atom stereocenters. The molecule has 1 fully saturated rings. The lowest BCUT2D eigenvalue weighted by molar-refractivity contribution is -0.131. The van der Waals surface area contributed by atoms with Crippen molar-refractivity contribution in [3.05, 3.63) is 88.6 Å². The number of aryl methyl sites for hydroxylation is 1. The topological polar surface area (TPSA) is 113 Å². The molecule has 1 aliphatic rings. The lowest BCUT2D eigenvalue weighted by Crippen LogP contribution is -2.52. The lowest BCUT2D eigenvalue weighted by Gasteiger charge is -2.25. The SMILES string of the molecule is Cn1c(-c2ccc(Cl)cn2)c(C2CCCC2)c2ccc(C(=O)NC(C)(C)C(=O)Nc3ccc(/C=C/C(=O)O)cc3)cc21. The molecule has 2 amide bonds. The van der Waals surface area contributed by atoms with Crippen LogP contribution in [0.3, 0.4) is 0 Å². The Morgan fingerprint density at radius 3 is 2.40 bits per heavy atom. The summed E-state index contributed by atoms with van der Waals surface area (Å²) >= 11 is 6.13. The number of pyridine rings is 1. The molecule has 2 aromatic carbocycles. The first-order valence-corrected chi connectivity index (χ1v) is 14.3. The molecule has 9 heteroatoms. The molecular weight excluding hydrogens is 552 g/mol. The highest BCUT2D eigenvalue weighted by Gasteiger charge is 2.31. The Kier molecular flexibility index (Phi) is 8.18. The standard InChI is InChI=1S/C33H33ClN4O4/c1-33(2,32(42)36-24-13-8-20(9-14-24)10-17-28(39)40)37-31(41)22-11-15-25-27(18-22)38(3)30(26-16-12-23(34)19-35-26)29(25)21-6-4-5-7-21/h8-19,21H,4-7H2,1-3H3,(H,36,42)(H,37,41)(H,39,40)/b17-10+. The number of rotatable bonds is 8. The summed E-state index contributed by atoms with van der Waals surface area (Å²) in [5, 5.41) is 16.2. The molecule has 5 rings (SSSR count). The third kappa shape index (κ3) is 6.09. The number of carboxylic acids is 1. The van der Waals surface area contributed by atoms with Crippen LogP contribution < -0.4 is 10.6 Å². The van der Waals surface area contributed by atoms with Gasteiger partial charge in [-0.05, 0) is 86.2 Å². The van der Waals surface area contributed by atoms with Gasteiger partial charge in [0, 0.05) is 41.5 Å². The van der Waals surface area contributed by atoms with Crippen molar-refractivity contribution in [3.63, 3.8) is 0 Å². The van der Waals surface area contributed by atoms with Crippen LogP contribution >= 0.6 is 11.6 Å². The maximum absolute atomic E-state index is 13.4. The van der Waals surface area contributed by atoms with Gasteiger partial charge in [-0.1, -0.05) is 42.6 Å². The van der Waals surface area contributed by atoms with E-state index in [0.717, 1.165) is 41.2 Å². The minimum absolute atomic E-state index is 0.360. The Bertz CT molecular complexity index is 1680. The lowest BCUT2D eigenvalue weighted by atomic mass is 9.93. The maximum atomic E-state index is 13.4.